The van der Waals surface area contributed by atoms with Crippen molar-refractivity contribution in [2.24, 2.45) is 17.0 Å². The first-order valence-corrected chi connectivity index (χ1v) is 35.2. The smallest absolute Gasteiger partial charge is 0.878 e. The monoisotopic (exact) mass is 1500 g/mol. The summed E-state index contributed by atoms with van der Waals surface area (Å²) in [5, 5.41) is 43.0. The van der Waals surface area contributed by atoms with E-state index in [1.54, 1.807) is 44.2 Å². The molecule has 0 atom stereocenters. The number of pyridine rings is 6. The number of hydrogen-bond acceptors (Lipinski definition) is 18. The van der Waals surface area contributed by atoms with E-state index in [4.69, 9.17) is 79.2 Å². The largest absolute Gasteiger partial charge is 1.00 e. The van der Waals surface area contributed by atoms with Crippen LogP contribution in [0.2, 0.25) is 25.8 Å². The zero-order valence-electron chi connectivity index (χ0n) is 57.3. The molecule has 0 amide bonds. The van der Waals surface area contributed by atoms with Gasteiger partial charge in [-0.2, -0.15) is 10.5 Å². The first-order chi connectivity index (χ1) is 49.1. The van der Waals surface area contributed by atoms with Crippen LogP contribution in [0.4, 0.5) is 0 Å². The van der Waals surface area contributed by atoms with E-state index < -0.39 is 11.9 Å². The molecule has 8 fully saturated rings. The SMILES string of the molecule is C/C(=C\[O-])C(=O)C1CC1.CC(=O)C1CC1.COC(=O)/C(=C/c1ccc(C2CC2)nc1Cl)N=[N+]=[N-].COC(=O)c1cc2c(Cl)nc(C3CC3)cc2[nH]1.N#Cc1ccc(C2CC2)[nH]c1=O.N#Cc1ccc(C2CC2)nc1Cl.O=Cc1ccc(C2CC2)nc1Cl.OCc1cc2c(Cl)nc(C3CC3)cc2[nH]1.[Na+]. The van der Waals surface area contributed by atoms with E-state index in [1.807, 2.05) is 54.6 Å². The first-order valence-electron chi connectivity index (χ1n) is 33.3. The molecule has 0 unspecified atom stereocenters. The van der Waals surface area contributed by atoms with E-state index in [2.05, 4.69) is 59.4 Å². The number of ether oxygens (including phenoxy) is 2. The number of carbonyl (C=O) groups excluding carboxylic acids is 5. The predicted molar refractivity (Wildman–Crippen MR) is 385 cm³/mol. The Bertz CT molecular complexity index is 4700. The molecular formula is C74H73Cl5N13NaO10. The molecule has 103 heavy (non-hydrogen) atoms. The van der Waals surface area contributed by atoms with E-state index in [1.165, 1.54) is 71.7 Å². The Labute approximate surface area is 641 Å². The van der Waals surface area contributed by atoms with E-state index >= 15 is 0 Å². The molecule has 0 aromatic carbocycles. The van der Waals surface area contributed by atoms with Gasteiger partial charge in [0, 0.05) is 103 Å². The minimum atomic E-state index is -0.722. The number of nitriles is 2. The number of aliphatic hydroxyl groups is 1. The second-order valence-corrected chi connectivity index (χ2v) is 27.5. The van der Waals surface area contributed by atoms with Gasteiger partial charge in [-0.15, -0.1) is 6.26 Å². The molecule has 0 bridgehead atoms. The first kappa shape index (κ1) is 80.4. The summed E-state index contributed by atoms with van der Waals surface area (Å²) in [5.74, 6) is 3.27. The number of Topliss-reactive ketones (excluding diaryl/α,β-unsaturated/α-hetero) is 2. The number of esters is 2. The molecule has 23 nitrogen and oxygen atoms in total. The average molecular weight is 1500 g/mol. The van der Waals surface area contributed by atoms with Gasteiger partial charge in [0.05, 0.1) is 43.0 Å². The van der Waals surface area contributed by atoms with E-state index in [0.717, 1.165) is 119 Å². The Balaban J connectivity index is 0.000000151. The van der Waals surface area contributed by atoms with Crippen LogP contribution in [0, 0.1) is 34.5 Å². The maximum absolute atomic E-state index is 11.4. The normalized spacial score (nSPS) is 16.0. The molecule has 0 radical (unpaired) electrons. The maximum atomic E-state index is 11.4. The van der Waals surface area contributed by atoms with Crippen LogP contribution in [-0.2, 0) is 30.5 Å². The van der Waals surface area contributed by atoms with Gasteiger partial charge in [-0.25, -0.2) is 34.5 Å². The van der Waals surface area contributed by atoms with Crippen LogP contribution in [-0.4, -0.2) is 89.0 Å². The summed E-state index contributed by atoms with van der Waals surface area (Å²) in [5.41, 5.74) is 19.0. The number of aromatic amines is 3. The summed E-state index contributed by atoms with van der Waals surface area (Å²) >= 11 is 29.8. The fraction of sp³-hybridized carbons (Fsp3) is 0.392. The van der Waals surface area contributed by atoms with Crippen molar-refractivity contribution >= 4 is 116 Å². The molecular weight excluding hydrogens is 1430 g/mol. The molecule has 4 N–H and O–H groups in total. The van der Waals surface area contributed by atoms with Crippen molar-refractivity contribution in [1.82, 2.24) is 39.9 Å². The average Bonchev–Trinajstić information content (AvgIpc) is 1.64. The van der Waals surface area contributed by atoms with Gasteiger partial charge in [0.1, 0.15) is 60.6 Å². The zero-order chi connectivity index (χ0) is 73.3. The van der Waals surface area contributed by atoms with E-state index in [9.17, 15) is 33.9 Å². The van der Waals surface area contributed by atoms with Crippen LogP contribution >= 0.6 is 58.0 Å². The zero-order valence-corrected chi connectivity index (χ0v) is 63.1. The second-order valence-electron chi connectivity index (χ2n) is 25.7. The summed E-state index contributed by atoms with van der Waals surface area (Å²) in [7, 11) is 2.56. The fourth-order valence-electron chi connectivity index (χ4n) is 10.1. The number of aromatic nitrogens is 8. The topological polar surface area (TPSA) is 372 Å². The number of nitrogens with one attached hydrogen (secondary N) is 3. The van der Waals surface area contributed by atoms with Crippen molar-refractivity contribution in [2.75, 3.05) is 14.2 Å². The van der Waals surface area contributed by atoms with Gasteiger partial charge in [0.2, 0.25) is 0 Å². The molecule has 8 saturated carbocycles. The van der Waals surface area contributed by atoms with Crippen LogP contribution in [0.1, 0.15) is 229 Å². The number of allylic oxidation sites excluding steroid dienone is 1. The minimum Gasteiger partial charge on any atom is -0.878 e. The van der Waals surface area contributed by atoms with Crippen molar-refractivity contribution in [1.29, 1.82) is 10.5 Å². The quantitative estimate of drug-likeness (QED) is 0.00852. The Morgan fingerprint density at radius 1 is 0.602 bits per heavy atom. The number of halogens is 5. The number of rotatable bonds is 15. The number of nitrogens with zero attached hydrogens (tertiary/aromatic N) is 10. The number of aliphatic hydroxyl groups excluding tert-OH is 1. The van der Waals surface area contributed by atoms with Crippen molar-refractivity contribution < 1.29 is 73.2 Å². The predicted octanol–water partition coefficient (Wildman–Crippen LogP) is 13.2. The van der Waals surface area contributed by atoms with E-state index in [0.29, 0.717) is 102 Å². The van der Waals surface area contributed by atoms with Crippen LogP contribution in [0.25, 0.3) is 38.3 Å². The Morgan fingerprint density at radius 3 is 1.46 bits per heavy atom. The summed E-state index contributed by atoms with van der Waals surface area (Å²) in [6.45, 7) is 3.25. The van der Waals surface area contributed by atoms with Gasteiger partial charge in [-0.05, 0) is 206 Å². The summed E-state index contributed by atoms with van der Waals surface area (Å²) in [6.07, 6.45) is 21.1. The molecule has 0 aliphatic heterocycles. The third kappa shape index (κ3) is 24.1. The minimum absolute atomic E-state index is 0. The van der Waals surface area contributed by atoms with Crippen LogP contribution in [0.5, 0.6) is 0 Å². The summed E-state index contributed by atoms with van der Waals surface area (Å²) in [4.78, 5) is 98.1. The Hall–Kier alpha value is -8.29. The van der Waals surface area contributed by atoms with Gasteiger partial charge in [0.15, 0.2) is 12.1 Å². The summed E-state index contributed by atoms with van der Waals surface area (Å²) < 4.78 is 9.18. The number of H-pyrrole nitrogens is 3. The number of methoxy groups -OCH3 is 2. The third-order valence-electron chi connectivity index (χ3n) is 17.3. The standard InChI is InChI=1S/C12H11ClN4O2.C12H11ClN2O2.C11H11ClN2O.C9H7ClN2.C9H8ClNO.C9H8N2O.C7H10O2.C5H8O.Na/c1-19-12(18)10(16-17-14)6-8-4-5-9(7-2-3-7)15-11(8)13;1-17-12(16)10-4-7-9(14-10)5-8(6-2-3-6)15-11(7)13;12-11-8-3-7(5-15)13-10(8)4-9(14-11)6-1-2-6;10-9-7(5-11)3-4-8(12-9)6-1-2-6;10-9-7(5-12)3-4-8(11-9)6-1-2-6;10-5-7-3-4-8(6-1-2-6)11-9(7)12;1-5(4-8)7(9)6-2-3-6;1-4(6)5-2-3-5;/h4-7H,2-3H2,1H3;4-6,14H,2-3H2,1H3;3-4,6,13,15H,1-2,5H2;3-4,6H,1-2H2;3-6H,1-2H2;3-4,6H,1-2H2,(H,11,12);4,6,8H,2-3H2,1H3;5H,2-3H2,1H3;/q;;;;;;;;+1/p-1/b10-6-;;;;;;5-4+;;. The molecule has 530 valence electrons. The van der Waals surface area contributed by atoms with Crippen LogP contribution in [0.3, 0.4) is 0 Å². The number of ketones is 2. The summed E-state index contributed by atoms with van der Waals surface area (Å²) in [6, 6.07) is 25.6. The van der Waals surface area contributed by atoms with E-state index in [-0.39, 0.29) is 69.8 Å². The van der Waals surface area contributed by atoms with Crippen LogP contribution in [0.15, 0.2) is 100 Å². The van der Waals surface area contributed by atoms with Gasteiger partial charge in [0.25, 0.3) is 5.56 Å². The number of fused-ring (bicyclic) bond motifs is 2. The third-order valence-corrected chi connectivity index (χ3v) is 18.7. The second kappa shape index (κ2) is 37.9. The molecule has 0 saturated heterocycles. The molecule has 8 aliphatic rings. The number of aldehydes is 1. The number of carbonyl (C=O) groups is 5. The Kier molecular flexibility index (Phi) is 29.6. The van der Waals surface area contributed by atoms with Crippen LogP contribution < -0.4 is 40.2 Å². The fourth-order valence-corrected chi connectivity index (χ4v) is 11.2. The number of azide groups is 1. The van der Waals surface area contributed by atoms with Crippen molar-refractivity contribution in [3.05, 3.63) is 205 Å². The Morgan fingerprint density at radius 2 is 1.06 bits per heavy atom. The number of hydrogen-bond donors (Lipinski definition) is 4. The molecule has 16 rings (SSSR count). The maximum Gasteiger partial charge on any atom is 1.00 e. The van der Waals surface area contributed by atoms with Gasteiger partial charge in [-0.1, -0.05) is 69.2 Å². The molecule has 8 heterocycles. The van der Waals surface area contributed by atoms with Gasteiger partial charge in [-0.3, -0.25) is 19.2 Å². The molecule has 8 aromatic heterocycles. The molecule has 8 aromatic rings. The van der Waals surface area contributed by atoms with Gasteiger partial charge >= 0.3 is 41.5 Å². The molecule has 0 spiro atoms. The molecule has 29 heteroatoms. The van der Waals surface area contributed by atoms with Crippen molar-refractivity contribution in [3.8, 4) is 12.1 Å². The van der Waals surface area contributed by atoms with Crippen molar-refractivity contribution in [2.45, 2.75) is 159 Å². The van der Waals surface area contributed by atoms with Crippen molar-refractivity contribution in [3.63, 3.8) is 0 Å². The van der Waals surface area contributed by atoms with Gasteiger partial charge < -0.3 is 34.6 Å². The molecule has 8 aliphatic carbocycles.